The van der Waals surface area contributed by atoms with Crippen LogP contribution in [0.1, 0.15) is 36.4 Å². The molecule has 5 heteroatoms. The van der Waals surface area contributed by atoms with Crippen LogP contribution >= 0.6 is 0 Å². The van der Waals surface area contributed by atoms with E-state index in [-0.39, 0.29) is 11.9 Å². The quantitative estimate of drug-likeness (QED) is 0.560. The molecule has 5 nitrogen and oxygen atoms in total. The zero-order valence-electron chi connectivity index (χ0n) is 18.7. The first-order chi connectivity index (χ1) is 14.4. The van der Waals surface area contributed by atoms with Gasteiger partial charge in [-0.1, -0.05) is 48.5 Å². The molecule has 3 aromatic rings. The van der Waals surface area contributed by atoms with Crippen LogP contribution in [0.3, 0.4) is 0 Å². The van der Waals surface area contributed by atoms with Gasteiger partial charge in [-0.2, -0.15) is 5.10 Å². The van der Waals surface area contributed by atoms with Gasteiger partial charge in [-0.25, -0.2) is 4.68 Å². The van der Waals surface area contributed by atoms with Crippen molar-refractivity contribution in [2.75, 3.05) is 13.6 Å². The van der Waals surface area contributed by atoms with Gasteiger partial charge in [0.1, 0.15) is 0 Å². The maximum atomic E-state index is 13.0. The maximum absolute atomic E-state index is 13.0. The van der Waals surface area contributed by atoms with Crippen molar-refractivity contribution in [2.24, 2.45) is 0 Å². The number of aromatic nitrogens is 2. The summed E-state index contributed by atoms with van der Waals surface area (Å²) < 4.78 is 1.98. The Kier molecular flexibility index (Phi) is 7.06. The zero-order valence-corrected chi connectivity index (χ0v) is 18.7. The van der Waals surface area contributed by atoms with Crippen molar-refractivity contribution < 1.29 is 4.79 Å². The normalized spacial score (nSPS) is 11.3. The first-order valence-corrected chi connectivity index (χ1v) is 10.5. The Labute approximate surface area is 179 Å². The minimum Gasteiger partial charge on any atom is -0.335 e. The lowest BCUT2D eigenvalue weighted by Gasteiger charge is -2.29. The lowest BCUT2D eigenvalue weighted by molar-refractivity contribution is -0.134. The number of hydrogen-bond acceptors (Lipinski definition) is 3. The van der Waals surface area contributed by atoms with Gasteiger partial charge in [-0.05, 0) is 52.4 Å². The van der Waals surface area contributed by atoms with E-state index in [2.05, 4.69) is 49.9 Å². The molecule has 1 heterocycles. The van der Waals surface area contributed by atoms with E-state index in [0.717, 1.165) is 22.6 Å². The Bertz CT molecular complexity index is 964. The van der Waals surface area contributed by atoms with Crippen LogP contribution < -0.4 is 0 Å². The first-order valence-electron chi connectivity index (χ1n) is 10.5. The van der Waals surface area contributed by atoms with Gasteiger partial charge < -0.3 is 4.90 Å². The van der Waals surface area contributed by atoms with Crippen LogP contribution in [0.5, 0.6) is 0 Å². The Hall–Kier alpha value is -2.92. The standard InChI is InChI=1S/C25H32N4O/c1-19(2)28(16-22-12-8-6-9-13-22)25(30)18-27(5)17-24-20(3)26-29(21(24)4)23-14-10-7-11-15-23/h6-15,19H,16-18H2,1-5H3. The highest BCUT2D eigenvalue weighted by Crippen LogP contribution is 2.19. The fraction of sp³-hybridized carbons (Fsp3) is 0.360. The Morgan fingerprint density at radius 1 is 0.967 bits per heavy atom. The molecule has 3 rings (SSSR count). The van der Waals surface area contributed by atoms with Crippen LogP contribution in [0.15, 0.2) is 60.7 Å². The fourth-order valence-electron chi connectivity index (χ4n) is 3.71. The summed E-state index contributed by atoms with van der Waals surface area (Å²) in [6.45, 7) is 9.96. The van der Waals surface area contributed by atoms with Gasteiger partial charge in [0, 0.05) is 30.4 Å². The van der Waals surface area contributed by atoms with Crippen molar-refractivity contribution >= 4 is 5.91 Å². The molecule has 0 fully saturated rings. The molecule has 0 bridgehead atoms. The number of carbonyl (C=O) groups excluding carboxylic acids is 1. The predicted octanol–water partition coefficient (Wildman–Crippen LogP) is 4.36. The van der Waals surface area contributed by atoms with Crippen LogP contribution in [0.4, 0.5) is 0 Å². The third-order valence-corrected chi connectivity index (χ3v) is 5.41. The van der Waals surface area contributed by atoms with Gasteiger partial charge in [0.15, 0.2) is 0 Å². The number of para-hydroxylation sites is 1. The van der Waals surface area contributed by atoms with Gasteiger partial charge in [0.05, 0.1) is 17.9 Å². The van der Waals surface area contributed by atoms with E-state index < -0.39 is 0 Å². The molecule has 0 saturated heterocycles. The van der Waals surface area contributed by atoms with Crippen LogP contribution in [0, 0.1) is 13.8 Å². The first kappa shape index (κ1) is 21.8. The molecule has 158 valence electrons. The SMILES string of the molecule is Cc1nn(-c2ccccc2)c(C)c1CN(C)CC(=O)N(Cc1ccccc1)C(C)C. The number of benzene rings is 2. The summed E-state index contributed by atoms with van der Waals surface area (Å²) in [4.78, 5) is 17.1. The highest BCUT2D eigenvalue weighted by atomic mass is 16.2. The number of aryl methyl sites for hydroxylation is 1. The second-order valence-corrected chi connectivity index (χ2v) is 8.17. The summed E-state index contributed by atoms with van der Waals surface area (Å²) in [5, 5.41) is 4.73. The van der Waals surface area contributed by atoms with E-state index in [4.69, 9.17) is 5.10 Å². The van der Waals surface area contributed by atoms with Gasteiger partial charge in [-0.15, -0.1) is 0 Å². The summed E-state index contributed by atoms with van der Waals surface area (Å²) >= 11 is 0. The summed E-state index contributed by atoms with van der Waals surface area (Å²) in [5.74, 6) is 0.141. The Balaban J connectivity index is 1.69. The third-order valence-electron chi connectivity index (χ3n) is 5.41. The molecule has 0 N–H and O–H groups in total. The molecule has 0 aliphatic carbocycles. The summed E-state index contributed by atoms with van der Waals surface area (Å²) in [6.07, 6.45) is 0. The van der Waals surface area contributed by atoms with Crippen LogP contribution in [0.25, 0.3) is 5.69 Å². The molecule has 30 heavy (non-hydrogen) atoms. The van der Waals surface area contributed by atoms with E-state index >= 15 is 0 Å². The van der Waals surface area contributed by atoms with Crippen molar-refractivity contribution in [3.63, 3.8) is 0 Å². The molecule has 0 atom stereocenters. The van der Waals surface area contributed by atoms with E-state index in [9.17, 15) is 4.79 Å². The van der Waals surface area contributed by atoms with Gasteiger partial charge in [-0.3, -0.25) is 9.69 Å². The number of amides is 1. The van der Waals surface area contributed by atoms with Crippen molar-refractivity contribution in [3.8, 4) is 5.69 Å². The summed E-state index contributed by atoms with van der Waals surface area (Å²) in [6, 6.07) is 20.5. The number of rotatable bonds is 8. The lowest BCUT2D eigenvalue weighted by atomic mass is 10.1. The molecule has 0 unspecified atom stereocenters. The highest BCUT2D eigenvalue weighted by molar-refractivity contribution is 5.78. The average molecular weight is 405 g/mol. The Morgan fingerprint density at radius 2 is 1.57 bits per heavy atom. The molecular weight excluding hydrogens is 372 g/mol. The second kappa shape index (κ2) is 9.72. The van der Waals surface area contributed by atoms with Gasteiger partial charge in [0.2, 0.25) is 5.91 Å². The van der Waals surface area contributed by atoms with E-state index in [0.29, 0.717) is 19.6 Å². The largest absolute Gasteiger partial charge is 0.335 e. The Morgan fingerprint density at radius 3 is 2.17 bits per heavy atom. The fourth-order valence-corrected chi connectivity index (χ4v) is 3.71. The number of hydrogen-bond donors (Lipinski definition) is 0. The molecule has 0 radical (unpaired) electrons. The van der Waals surface area contributed by atoms with Crippen LogP contribution in [-0.4, -0.2) is 45.1 Å². The molecule has 2 aromatic carbocycles. The number of carbonyl (C=O) groups is 1. The second-order valence-electron chi connectivity index (χ2n) is 8.17. The van der Waals surface area contributed by atoms with Crippen molar-refractivity contribution in [1.29, 1.82) is 0 Å². The minimum atomic E-state index is 0.141. The average Bonchev–Trinajstić information content (AvgIpc) is 3.01. The van der Waals surface area contributed by atoms with Crippen LogP contribution in [0.2, 0.25) is 0 Å². The molecule has 0 aliphatic heterocycles. The third kappa shape index (κ3) is 5.16. The summed E-state index contributed by atoms with van der Waals surface area (Å²) in [7, 11) is 2.00. The lowest BCUT2D eigenvalue weighted by Crippen LogP contribution is -2.42. The monoisotopic (exact) mass is 404 g/mol. The predicted molar refractivity (Wildman–Crippen MR) is 122 cm³/mol. The van der Waals surface area contributed by atoms with Crippen molar-refractivity contribution in [1.82, 2.24) is 19.6 Å². The van der Waals surface area contributed by atoms with Crippen molar-refractivity contribution in [2.45, 2.75) is 46.8 Å². The van der Waals surface area contributed by atoms with E-state index in [1.807, 2.05) is 60.0 Å². The zero-order chi connectivity index (χ0) is 21.7. The molecule has 0 aliphatic rings. The maximum Gasteiger partial charge on any atom is 0.237 e. The van der Waals surface area contributed by atoms with Crippen molar-refractivity contribution in [3.05, 3.63) is 83.2 Å². The highest BCUT2D eigenvalue weighted by Gasteiger charge is 2.21. The topological polar surface area (TPSA) is 41.4 Å². The molecule has 0 spiro atoms. The smallest absolute Gasteiger partial charge is 0.237 e. The molecule has 1 amide bonds. The molecular formula is C25H32N4O. The number of likely N-dealkylation sites (N-methyl/N-ethyl adjacent to an activating group) is 1. The van der Waals surface area contributed by atoms with Gasteiger partial charge >= 0.3 is 0 Å². The van der Waals surface area contributed by atoms with E-state index in [1.54, 1.807) is 0 Å². The van der Waals surface area contributed by atoms with Gasteiger partial charge in [0.25, 0.3) is 0 Å². The number of nitrogens with zero attached hydrogens (tertiary/aromatic N) is 4. The molecule has 1 aromatic heterocycles. The minimum absolute atomic E-state index is 0.141. The van der Waals surface area contributed by atoms with Crippen LogP contribution in [-0.2, 0) is 17.9 Å². The summed E-state index contributed by atoms with van der Waals surface area (Å²) in [5.41, 5.74) is 5.49. The molecule has 0 saturated carbocycles. The van der Waals surface area contributed by atoms with E-state index in [1.165, 1.54) is 5.56 Å².